The molecule has 4 heteroatoms. The van der Waals surface area contributed by atoms with Crippen molar-refractivity contribution in [2.24, 2.45) is 0 Å². The van der Waals surface area contributed by atoms with Crippen LogP contribution >= 0.6 is 0 Å². The molecular weight excluding hydrogens is 256 g/mol. The van der Waals surface area contributed by atoms with Crippen molar-refractivity contribution in [3.05, 3.63) is 29.8 Å². The molecule has 0 saturated carbocycles. The first-order valence-corrected chi connectivity index (χ1v) is 7.33. The van der Waals surface area contributed by atoms with E-state index in [1.807, 2.05) is 24.3 Å². The van der Waals surface area contributed by atoms with Crippen LogP contribution in [0.2, 0.25) is 0 Å². The summed E-state index contributed by atoms with van der Waals surface area (Å²) in [4.78, 5) is 0. The minimum atomic E-state index is -0.470. The van der Waals surface area contributed by atoms with E-state index in [9.17, 15) is 5.11 Å². The zero-order chi connectivity index (χ0) is 14.0. The van der Waals surface area contributed by atoms with Gasteiger partial charge in [0.2, 0.25) is 0 Å². The molecular formula is C16H22O4. The van der Waals surface area contributed by atoms with Crippen LogP contribution in [0.5, 0.6) is 5.75 Å². The fraction of sp³-hybridized carbons (Fsp3) is 0.625. The molecule has 20 heavy (non-hydrogen) atoms. The summed E-state index contributed by atoms with van der Waals surface area (Å²) in [5.74, 6) is 0.823. The van der Waals surface area contributed by atoms with E-state index in [4.69, 9.17) is 14.2 Å². The second-order valence-corrected chi connectivity index (χ2v) is 5.82. The van der Waals surface area contributed by atoms with Crippen LogP contribution in [-0.4, -0.2) is 36.6 Å². The van der Waals surface area contributed by atoms with E-state index in [-0.39, 0.29) is 11.7 Å². The Bertz CT molecular complexity index is 452. The maximum absolute atomic E-state index is 9.63. The van der Waals surface area contributed by atoms with Crippen LogP contribution in [0, 0.1) is 0 Å². The van der Waals surface area contributed by atoms with Crippen molar-refractivity contribution in [2.45, 2.75) is 44.0 Å². The largest absolute Gasteiger partial charge is 0.490 e. The Hall–Kier alpha value is -1.10. The first-order chi connectivity index (χ1) is 9.67. The summed E-state index contributed by atoms with van der Waals surface area (Å²) in [5, 5.41) is 9.63. The molecule has 3 rings (SSSR count). The van der Waals surface area contributed by atoms with E-state index >= 15 is 0 Å². The van der Waals surface area contributed by atoms with Crippen molar-refractivity contribution >= 4 is 0 Å². The van der Waals surface area contributed by atoms with Crippen LogP contribution in [-0.2, 0) is 9.47 Å². The zero-order valence-corrected chi connectivity index (χ0v) is 11.9. The van der Waals surface area contributed by atoms with E-state index in [1.165, 1.54) is 0 Å². The first-order valence-electron chi connectivity index (χ1n) is 7.33. The smallest absolute Gasteiger partial charge is 0.120 e. The van der Waals surface area contributed by atoms with E-state index in [0.717, 1.165) is 43.8 Å². The Labute approximate surface area is 119 Å². The summed E-state index contributed by atoms with van der Waals surface area (Å²) in [5.41, 5.74) is 0.749. The van der Waals surface area contributed by atoms with Gasteiger partial charge in [-0.2, -0.15) is 0 Å². The lowest BCUT2D eigenvalue weighted by atomic mass is 9.91. The molecule has 3 atom stereocenters. The Morgan fingerprint density at radius 2 is 2.30 bits per heavy atom. The van der Waals surface area contributed by atoms with Crippen molar-refractivity contribution in [1.82, 2.24) is 0 Å². The third-order valence-electron chi connectivity index (χ3n) is 4.16. The number of benzene rings is 1. The van der Waals surface area contributed by atoms with Gasteiger partial charge in [-0.3, -0.25) is 0 Å². The summed E-state index contributed by atoms with van der Waals surface area (Å²) in [6.07, 6.45) is 2.44. The second kappa shape index (κ2) is 5.72. The topological polar surface area (TPSA) is 47.9 Å². The molecule has 4 nitrogen and oxygen atoms in total. The quantitative estimate of drug-likeness (QED) is 0.922. The predicted octanol–water partition coefficient (Wildman–Crippen LogP) is 2.46. The highest BCUT2D eigenvalue weighted by molar-refractivity contribution is 5.29. The van der Waals surface area contributed by atoms with Gasteiger partial charge in [0.1, 0.15) is 11.9 Å². The summed E-state index contributed by atoms with van der Waals surface area (Å²) in [7, 11) is 0. The zero-order valence-electron chi connectivity index (χ0n) is 11.9. The SMILES string of the molecule is C[C@@H](O)c1cccc(OC2CCOC3(CCOC3)C2)c1. The lowest BCUT2D eigenvalue weighted by molar-refractivity contribution is -0.112. The number of hydrogen-bond donors (Lipinski definition) is 1. The lowest BCUT2D eigenvalue weighted by Gasteiger charge is -2.37. The molecule has 2 aliphatic heterocycles. The van der Waals surface area contributed by atoms with Crippen LogP contribution in [0.1, 0.15) is 37.9 Å². The first kappa shape index (κ1) is 13.9. The van der Waals surface area contributed by atoms with E-state index in [2.05, 4.69) is 0 Å². The lowest BCUT2D eigenvalue weighted by Crippen LogP contribution is -2.44. The number of aliphatic hydroxyl groups excluding tert-OH is 1. The molecule has 2 heterocycles. The molecule has 0 radical (unpaired) electrons. The Kier molecular flexibility index (Phi) is 3.96. The fourth-order valence-corrected chi connectivity index (χ4v) is 2.99. The predicted molar refractivity (Wildman–Crippen MR) is 74.8 cm³/mol. The maximum atomic E-state index is 9.63. The standard InChI is InChI=1S/C16H22O4/c1-12(17)13-3-2-4-14(9-13)20-15-5-7-19-16(10-15)6-8-18-11-16/h2-4,9,12,15,17H,5-8,10-11H2,1H3/t12-,15?,16?/m1/s1. The van der Waals surface area contributed by atoms with E-state index in [1.54, 1.807) is 6.92 Å². The summed E-state index contributed by atoms with van der Waals surface area (Å²) < 4.78 is 17.5. The second-order valence-electron chi connectivity index (χ2n) is 5.82. The van der Waals surface area contributed by atoms with E-state index in [0.29, 0.717) is 6.61 Å². The van der Waals surface area contributed by atoms with Gasteiger partial charge in [0.15, 0.2) is 0 Å². The molecule has 110 valence electrons. The molecule has 0 aliphatic carbocycles. The molecule has 1 N–H and O–H groups in total. The van der Waals surface area contributed by atoms with Gasteiger partial charge in [0.05, 0.1) is 24.9 Å². The Balaban J connectivity index is 1.66. The van der Waals surface area contributed by atoms with Crippen LogP contribution in [0.4, 0.5) is 0 Å². The highest BCUT2D eigenvalue weighted by Crippen LogP contribution is 2.34. The maximum Gasteiger partial charge on any atom is 0.120 e. The van der Waals surface area contributed by atoms with E-state index < -0.39 is 6.10 Å². The number of aliphatic hydroxyl groups is 1. The minimum absolute atomic E-state index is 0.134. The molecule has 1 spiro atoms. The monoisotopic (exact) mass is 278 g/mol. The summed E-state index contributed by atoms with van der Waals surface area (Å²) >= 11 is 0. The average Bonchev–Trinajstić information content (AvgIpc) is 2.87. The molecule has 0 aromatic heterocycles. The third-order valence-corrected chi connectivity index (χ3v) is 4.16. The minimum Gasteiger partial charge on any atom is -0.490 e. The average molecular weight is 278 g/mol. The van der Waals surface area contributed by atoms with Gasteiger partial charge in [-0.1, -0.05) is 12.1 Å². The van der Waals surface area contributed by atoms with Crippen LogP contribution in [0.25, 0.3) is 0 Å². The van der Waals surface area contributed by atoms with Gasteiger partial charge in [-0.05, 0) is 24.6 Å². The van der Waals surface area contributed by atoms with Gasteiger partial charge in [-0.15, -0.1) is 0 Å². The number of hydrogen-bond acceptors (Lipinski definition) is 4. The highest BCUT2D eigenvalue weighted by atomic mass is 16.6. The Morgan fingerprint density at radius 1 is 1.40 bits per heavy atom. The highest BCUT2D eigenvalue weighted by Gasteiger charge is 2.41. The molecule has 0 amide bonds. The van der Waals surface area contributed by atoms with Crippen molar-refractivity contribution in [2.75, 3.05) is 19.8 Å². The molecule has 2 fully saturated rings. The van der Waals surface area contributed by atoms with Gasteiger partial charge in [0, 0.05) is 25.9 Å². The molecule has 1 aromatic rings. The Morgan fingerprint density at radius 3 is 3.05 bits per heavy atom. The molecule has 2 unspecified atom stereocenters. The van der Waals surface area contributed by atoms with Crippen molar-refractivity contribution < 1.29 is 19.3 Å². The molecule has 1 aromatic carbocycles. The molecule has 0 bridgehead atoms. The van der Waals surface area contributed by atoms with Gasteiger partial charge in [-0.25, -0.2) is 0 Å². The number of ether oxygens (including phenoxy) is 3. The fourth-order valence-electron chi connectivity index (χ4n) is 2.99. The van der Waals surface area contributed by atoms with Crippen molar-refractivity contribution in [1.29, 1.82) is 0 Å². The molecule has 2 saturated heterocycles. The van der Waals surface area contributed by atoms with Crippen molar-refractivity contribution in [3.63, 3.8) is 0 Å². The van der Waals surface area contributed by atoms with Crippen LogP contribution in [0.15, 0.2) is 24.3 Å². The normalized spacial score (nSPS) is 31.4. The third kappa shape index (κ3) is 2.97. The van der Waals surface area contributed by atoms with Crippen LogP contribution in [0.3, 0.4) is 0 Å². The molecule has 2 aliphatic rings. The van der Waals surface area contributed by atoms with Crippen molar-refractivity contribution in [3.8, 4) is 5.75 Å². The van der Waals surface area contributed by atoms with Gasteiger partial charge >= 0.3 is 0 Å². The number of rotatable bonds is 3. The summed E-state index contributed by atoms with van der Waals surface area (Å²) in [6, 6.07) is 7.69. The van der Waals surface area contributed by atoms with Gasteiger partial charge in [0.25, 0.3) is 0 Å². The van der Waals surface area contributed by atoms with Gasteiger partial charge < -0.3 is 19.3 Å². The summed E-state index contributed by atoms with van der Waals surface area (Å²) in [6.45, 7) is 3.95. The van der Waals surface area contributed by atoms with Crippen LogP contribution < -0.4 is 4.74 Å².